The van der Waals surface area contributed by atoms with Crippen LogP contribution in [0.5, 0.6) is 0 Å². The van der Waals surface area contributed by atoms with Gasteiger partial charge in [0.25, 0.3) is 0 Å². The third-order valence-corrected chi connectivity index (χ3v) is 5.93. The van der Waals surface area contributed by atoms with Crippen LogP contribution >= 0.6 is 12.4 Å². The molecule has 1 aliphatic heterocycles. The third-order valence-electron chi connectivity index (χ3n) is 5.93. The van der Waals surface area contributed by atoms with Crippen molar-refractivity contribution in [2.75, 3.05) is 19.6 Å². The smallest absolute Gasteiger partial charge is 0.307 e. The highest BCUT2D eigenvalue weighted by atomic mass is 35.5. The fraction of sp³-hybridized carbons (Fsp3) is 0.375. The fourth-order valence-corrected chi connectivity index (χ4v) is 4.49. The number of aryl methyl sites for hydroxylation is 2. The first-order chi connectivity index (χ1) is 13.2. The Morgan fingerprint density at radius 2 is 1.64 bits per heavy atom. The molecule has 1 fully saturated rings. The summed E-state index contributed by atoms with van der Waals surface area (Å²) in [5.41, 5.74) is 6.88. The average Bonchev–Trinajstić information content (AvgIpc) is 2.86. The Kier molecular flexibility index (Phi) is 6.93. The fourth-order valence-electron chi connectivity index (χ4n) is 4.49. The van der Waals surface area contributed by atoms with Gasteiger partial charge in [-0.25, -0.2) is 0 Å². The highest BCUT2D eigenvalue weighted by Crippen LogP contribution is 2.33. The Hall–Kier alpha value is -2.10. The van der Waals surface area contributed by atoms with Gasteiger partial charge in [-0.05, 0) is 66.5 Å². The number of benzene rings is 2. The van der Waals surface area contributed by atoms with Crippen LogP contribution in [0.15, 0.2) is 54.6 Å². The molecule has 4 heteroatoms. The number of rotatable bonds is 4. The summed E-state index contributed by atoms with van der Waals surface area (Å²) in [5, 5.41) is 9.30. The van der Waals surface area contributed by atoms with E-state index in [1.54, 1.807) is 0 Å². The van der Waals surface area contributed by atoms with Crippen LogP contribution < -0.4 is 0 Å². The molecule has 0 unspecified atom stereocenters. The van der Waals surface area contributed by atoms with E-state index in [-0.39, 0.29) is 18.3 Å². The molecular formula is C24H28ClNO2. The second-order valence-corrected chi connectivity index (χ2v) is 7.70. The first-order valence-electron chi connectivity index (χ1n) is 10.0. The van der Waals surface area contributed by atoms with Gasteiger partial charge in [0.1, 0.15) is 0 Å². The Morgan fingerprint density at radius 1 is 1.04 bits per heavy atom. The first-order valence-corrected chi connectivity index (χ1v) is 10.0. The lowest BCUT2D eigenvalue weighted by atomic mass is 9.93. The van der Waals surface area contributed by atoms with Crippen LogP contribution in [0, 0.1) is 5.92 Å². The van der Waals surface area contributed by atoms with Crippen molar-refractivity contribution in [1.29, 1.82) is 0 Å². The number of likely N-dealkylation sites (tertiary alicyclic amines) is 1. The number of hydrogen-bond acceptors (Lipinski definition) is 2. The van der Waals surface area contributed by atoms with E-state index in [2.05, 4.69) is 59.5 Å². The van der Waals surface area contributed by atoms with Gasteiger partial charge >= 0.3 is 5.97 Å². The molecule has 2 aromatic rings. The zero-order chi connectivity index (χ0) is 18.6. The van der Waals surface area contributed by atoms with Crippen molar-refractivity contribution in [3.63, 3.8) is 0 Å². The summed E-state index contributed by atoms with van der Waals surface area (Å²) < 4.78 is 0. The molecule has 0 spiro atoms. The third kappa shape index (κ3) is 4.48. The van der Waals surface area contributed by atoms with Gasteiger partial charge in [0.05, 0.1) is 5.92 Å². The van der Waals surface area contributed by atoms with Gasteiger partial charge in [-0.3, -0.25) is 4.79 Å². The summed E-state index contributed by atoms with van der Waals surface area (Å²) in [6, 6.07) is 17.5. The van der Waals surface area contributed by atoms with Crippen LogP contribution in [0.1, 0.15) is 41.5 Å². The Morgan fingerprint density at radius 3 is 2.25 bits per heavy atom. The Bertz CT molecular complexity index is 812. The summed E-state index contributed by atoms with van der Waals surface area (Å²) in [6.45, 7) is 2.63. The molecule has 148 valence electrons. The van der Waals surface area contributed by atoms with Crippen LogP contribution in [0.2, 0.25) is 0 Å². The normalized spacial score (nSPS) is 19.0. The van der Waals surface area contributed by atoms with E-state index in [1.807, 2.05) is 0 Å². The standard InChI is InChI=1S/C24H27NO2.ClH/c26-24(27)20-9-5-15-25(17-20)16-6-12-23-21-10-3-1-7-18(21)13-14-19-8-2-4-11-22(19)23;/h1-4,7-8,10-12,20H,5-6,9,13-17H2,(H,26,27);1H/t20-;/m1./s1. The van der Waals surface area contributed by atoms with Gasteiger partial charge in [0, 0.05) is 13.1 Å². The summed E-state index contributed by atoms with van der Waals surface area (Å²) in [7, 11) is 0. The largest absolute Gasteiger partial charge is 0.481 e. The summed E-state index contributed by atoms with van der Waals surface area (Å²) in [6.07, 6.45) is 7.28. The van der Waals surface area contributed by atoms with Crippen molar-refractivity contribution in [2.45, 2.75) is 32.1 Å². The maximum Gasteiger partial charge on any atom is 0.307 e. The molecule has 1 saturated heterocycles. The molecule has 2 aromatic carbocycles. The molecule has 1 aliphatic carbocycles. The lowest BCUT2D eigenvalue weighted by molar-refractivity contribution is -0.143. The molecule has 2 aliphatic rings. The summed E-state index contributed by atoms with van der Waals surface area (Å²) in [5.74, 6) is -0.851. The van der Waals surface area contributed by atoms with E-state index in [1.165, 1.54) is 27.8 Å². The van der Waals surface area contributed by atoms with Crippen LogP contribution in [0.3, 0.4) is 0 Å². The molecule has 1 heterocycles. The molecule has 3 nitrogen and oxygen atoms in total. The van der Waals surface area contributed by atoms with Crippen molar-refractivity contribution >= 4 is 23.9 Å². The van der Waals surface area contributed by atoms with Gasteiger partial charge < -0.3 is 10.0 Å². The Balaban J connectivity index is 0.00000225. The van der Waals surface area contributed by atoms with Crippen molar-refractivity contribution in [3.05, 3.63) is 76.9 Å². The SMILES string of the molecule is Cl.O=C(O)[C@@H]1CCCN(CCC=C2c3ccccc3CCc3ccccc32)C1. The number of carboxylic acids is 1. The second-order valence-electron chi connectivity index (χ2n) is 7.70. The molecule has 4 rings (SSSR count). The summed E-state index contributed by atoms with van der Waals surface area (Å²) in [4.78, 5) is 13.6. The van der Waals surface area contributed by atoms with E-state index in [0.717, 1.165) is 45.2 Å². The van der Waals surface area contributed by atoms with Gasteiger partial charge in [-0.15, -0.1) is 12.4 Å². The van der Waals surface area contributed by atoms with E-state index in [4.69, 9.17) is 0 Å². The number of fused-ring (bicyclic) bond motifs is 2. The van der Waals surface area contributed by atoms with Crippen molar-refractivity contribution in [1.82, 2.24) is 4.90 Å². The second kappa shape index (κ2) is 9.40. The van der Waals surface area contributed by atoms with Gasteiger partial charge in [0.15, 0.2) is 0 Å². The molecule has 28 heavy (non-hydrogen) atoms. The molecule has 0 bridgehead atoms. The maximum absolute atomic E-state index is 11.3. The van der Waals surface area contributed by atoms with Gasteiger partial charge in [-0.2, -0.15) is 0 Å². The van der Waals surface area contributed by atoms with Crippen molar-refractivity contribution < 1.29 is 9.90 Å². The number of carboxylic acid groups (broad SMARTS) is 1. The molecule has 0 radical (unpaired) electrons. The topological polar surface area (TPSA) is 40.5 Å². The number of hydrogen-bond donors (Lipinski definition) is 1. The number of carbonyl (C=O) groups is 1. The van der Waals surface area contributed by atoms with E-state index < -0.39 is 5.97 Å². The lowest BCUT2D eigenvalue weighted by Gasteiger charge is -2.30. The van der Waals surface area contributed by atoms with Crippen molar-refractivity contribution in [2.24, 2.45) is 5.92 Å². The maximum atomic E-state index is 11.3. The monoisotopic (exact) mass is 397 g/mol. The van der Waals surface area contributed by atoms with Crippen molar-refractivity contribution in [3.8, 4) is 0 Å². The molecule has 1 atom stereocenters. The Labute approximate surface area is 173 Å². The van der Waals surface area contributed by atoms with Crippen LogP contribution in [-0.2, 0) is 17.6 Å². The van der Waals surface area contributed by atoms with Gasteiger partial charge in [0.2, 0.25) is 0 Å². The highest BCUT2D eigenvalue weighted by Gasteiger charge is 2.25. The average molecular weight is 398 g/mol. The first kappa shape index (κ1) is 20.6. The molecule has 0 aromatic heterocycles. The quantitative estimate of drug-likeness (QED) is 0.803. The predicted molar refractivity (Wildman–Crippen MR) is 116 cm³/mol. The zero-order valence-electron chi connectivity index (χ0n) is 16.1. The van der Waals surface area contributed by atoms with Crippen LogP contribution in [0.4, 0.5) is 0 Å². The minimum atomic E-state index is -0.648. The molecular weight excluding hydrogens is 370 g/mol. The van der Waals surface area contributed by atoms with Gasteiger partial charge in [-0.1, -0.05) is 54.6 Å². The van der Waals surface area contributed by atoms with Crippen LogP contribution in [0.25, 0.3) is 5.57 Å². The number of piperidine rings is 1. The molecule has 0 amide bonds. The van der Waals surface area contributed by atoms with Crippen LogP contribution in [-0.4, -0.2) is 35.6 Å². The number of aliphatic carboxylic acids is 1. The van der Waals surface area contributed by atoms with E-state index in [0.29, 0.717) is 6.54 Å². The minimum Gasteiger partial charge on any atom is -0.481 e. The molecule has 1 N–H and O–H groups in total. The van der Waals surface area contributed by atoms with E-state index >= 15 is 0 Å². The molecule has 0 saturated carbocycles. The summed E-state index contributed by atoms with van der Waals surface area (Å²) >= 11 is 0. The zero-order valence-corrected chi connectivity index (χ0v) is 17.0. The lowest BCUT2D eigenvalue weighted by Crippen LogP contribution is -2.39. The van der Waals surface area contributed by atoms with E-state index in [9.17, 15) is 9.90 Å². The predicted octanol–water partition coefficient (Wildman–Crippen LogP) is 4.83. The minimum absolute atomic E-state index is 0. The number of halogens is 1. The number of nitrogens with zero attached hydrogens (tertiary/aromatic N) is 1. The highest BCUT2D eigenvalue weighted by molar-refractivity contribution is 5.85.